The maximum absolute atomic E-state index is 5.43. The Morgan fingerprint density at radius 1 is 0.966 bits per heavy atom. The molecule has 1 saturated heterocycles. The zero-order valence-electron chi connectivity index (χ0n) is 17.0. The molecule has 0 radical (unpaired) electrons. The first-order chi connectivity index (χ1) is 14.3. The topological polar surface area (TPSA) is 71.0 Å². The number of hydrogen-bond acceptors (Lipinski definition) is 5. The van der Waals surface area contributed by atoms with E-state index in [1.807, 2.05) is 24.4 Å². The molecule has 3 heterocycles. The van der Waals surface area contributed by atoms with E-state index in [0.29, 0.717) is 19.9 Å². The minimum absolute atomic E-state index is 0.292. The van der Waals surface area contributed by atoms with Crippen molar-refractivity contribution < 1.29 is 9.47 Å². The number of nitrogens with zero attached hydrogens (tertiary/aromatic N) is 3. The molecule has 0 bridgehead atoms. The third-order valence-electron chi connectivity index (χ3n) is 5.32. The van der Waals surface area contributed by atoms with Gasteiger partial charge in [-0.25, -0.2) is 4.98 Å². The van der Waals surface area contributed by atoms with Gasteiger partial charge in [0.2, 0.25) is 6.79 Å². The second-order valence-electron chi connectivity index (χ2n) is 7.39. The van der Waals surface area contributed by atoms with Crippen LogP contribution in [0.5, 0.6) is 11.5 Å². The SMILES string of the molecule is CN=C(NCc1ccc(N2CCCCCC2)nc1)NCc1ccc2c(c1)OCO2. The number of rotatable bonds is 5. The summed E-state index contributed by atoms with van der Waals surface area (Å²) in [7, 11) is 1.77. The second-order valence-corrected chi connectivity index (χ2v) is 7.39. The van der Waals surface area contributed by atoms with Gasteiger partial charge in [0, 0.05) is 39.4 Å². The average molecular weight is 396 g/mol. The van der Waals surface area contributed by atoms with E-state index >= 15 is 0 Å². The molecular formula is C22H29N5O2. The summed E-state index contributed by atoms with van der Waals surface area (Å²) in [6, 6.07) is 10.2. The van der Waals surface area contributed by atoms with E-state index in [9.17, 15) is 0 Å². The molecule has 7 nitrogen and oxygen atoms in total. The van der Waals surface area contributed by atoms with Crippen molar-refractivity contribution in [1.82, 2.24) is 15.6 Å². The molecule has 0 amide bonds. The second kappa shape index (κ2) is 9.49. The zero-order chi connectivity index (χ0) is 19.9. The molecule has 0 atom stereocenters. The third kappa shape index (κ3) is 5.10. The number of anilines is 1. The Morgan fingerprint density at radius 3 is 2.41 bits per heavy atom. The molecule has 154 valence electrons. The van der Waals surface area contributed by atoms with Gasteiger partial charge < -0.3 is 25.0 Å². The van der Waals surface area contributed by atoms with E-state index in [2.05, 4.69) is 37.6 Å². The first kappa shape index (κ1) is 19.4. The molecule has 7 heteroatoms. The van der Waals surface area contributed by atoms with Crippen LogP contribution in [0.15, 0.2) is 41.5 Å². The van der Waals surface area contributed by atoms with Crippen LogP contribution in [0.1, 0.15) is 36.8 Å². The average Bonchev–Trinajstić information content (AvgIpc) is 3.06. The molecule has 2 aliphatic rings. The van der Waals surface area contributed by atoms with Gasteiger partial charge in [0.1, 0.15) is 5.82 Å². The van der Waals surface area contributed by atoms with Crippen LogP contribution in [0.2, 0.25) is 0 Å². The highest BCUT2D eigenvalue weighted by Gasteiger charge is 2.13. The Labute approximate surface area is 172 Å². The fourth-order valence-corrected chi connectivity index (χ4v) is 3.65. The van der Waals surface area contributed by atoms with E-state index in [-0.39, 0.29) is 0 Å². The molecule has 0 unspecified atom stereocenters. The number of aliphatic imine (C=N–C) groups is 1. The number of nitrogens with one attached hydrogen (secondary N) is 2. The van der Waals surface area contributed by atoms with E-state index in [4.69, 9.17) is 9.47 Å². The van der Waals surface area contributed by atoms with Crippen molar-refractivity contribution in [3.05, 3.63) is 47.7 Å². The number of benzene rings is 1. The Morgan fingerprint density at radius 2 is 1.69 bits per heavy atom. The van der Waals surface area contributed by atoms with Crippen LogP contribution < -0.4 is 25.0 Å². The Balaban J connectivity index is 1.27. The Bertz CT molecular complexity index is 830. The molecular weight excluding hydrogens is 366 g/mol. The zero-order valence-corrected chi connectivity index (χ0v) is 17.0. The summed E-state index contributed by atoms with van der Waals surface area (Å²) in [5.41, 5.74) is 2.25. The maximum atomic E-state index is 5.43. The van der Waals surface area contributed by atoms with E-state index in [0.717, 1.165) is 47.5 Å². The van der Waals surface area contributed by atoms with Crippen LogP contribution in [0.4, 0.5) is 5.82 Å². The van der Waals surface area contributed by atoms with Crippen molar-refractivity contribution in [2.24, 2.45) is 4.99 Å². The molecule has 1 aromatic heterocycles. The van der Waals surface area contributed by atoms with Crippen LogP contribution >= 0.6 is 0 Å². The summed E-state index contributed by atoms with van der Waals surface area (Å²) < 4.78 is 10.8. The normalized spacial score (nSPS) is 16.4. The van der Waals surface area contributed by atoms with Crippen LogP contribution in [0.25, 0.3) is 0 Å². The smallest absolute Gasteiger partial charge is 0.231 e. The summed E-state index contributed by atoms with van der Waals surface area (Å²) in [5, 5.41) is 6.68. The van der Waals surface area contributed by atoms with Crippen molar-refractivity contribution in [2.75, 3.05) is 31.8 Å². The highest BCUT2D eigenvalue weighted by molar-refractivity contribution is 5.79. The molecule has 29 heavy (non-hydrogen) atoms. The Hall–Kier alpha value is -2.96. The molecule has 0 saturated carbocycles. The third-order valence-corrected chi connectivity index (χ3v) is 5.32. The fourth-order valence-electron chi connectivity index (χ4n) is 3.65. The van der Waals surface area contributed by atoms with Gasteiger partial charge in [-0.2, -0.15) is 0 Å². The van der Waals surface area contributed by atoms with Crippen LogP contribution in [0, 0.1) is 0 Å². The van der Waals surface area contributed by atoms with Crippen LogP contribution in [-0.4, -0.2) is 37.9 Å². The number of hydrogen-bond donors (Lipinski definition) is 2. The van der Waals surface area contributed by atoms with Gasteiger partial charge in [-0.15, -0.1) is 0 Å². The first-order valence-electron chi connectivity index (χ1n) is 10.3. The summed E-state index contributed by atoms with van der Waals surface area (Å²) in [5.74, 6) is 3.43. The van der Waals surface area contributed by atoms with E-state index in [1.165, 1.54) is 25.7 Å². The quantitative estimate of drug-likeness (QED) is 0.599. The van der Waals surface area contributed by atoms with Crippen molar-refractivity contribution in [1.29, 1.82) is 0 Å². The Kier molecular flexibility index (Phi) is 6.34. The van der Waals surface area contributed by atoms with Crippen molar-refractivity contribution in [2.45, 2.75) is 38.8 Å². The standard InChI is InChI=1S/C22H29N5O2/c1-23-22(25-13-17-6-8-19-20(12-17)29-16-28-19)26-15-18-7-9-21(24-14-18)27-10-4-2-3-5-11-27/h6-9,12,14H,2-5,10-11,13,15-16H2,1H3,(H2,23,25,26). The molecule has 2 aliphatic heterocycles. The molecule has 2 N–H and O–H groups in total. The largest absolute Gasteiger partial charge is 0.454 e. The summed E-state index contributed by atoms with van der Waals surface area (Å²) in [6.45, 7) is 3.85. The molecule has 2 aromatic rings. The lowest BCUT2D eigenvalue weighted by atomic mass is 10.2. The first-order valence-corrected chi connectivity index (χ1v) is 10.3. The van der Waals surface area contributed by atoms with Gasteiger partial charge in [-0.05, 0) is 42.2 Å². The van der Waals surface area contributed by atoms with Crippen molar-refractivity contribution in [3.8, 4) is 11.5 Å². The lowest BCUT2D eigenvalue weighted by Gasteiger charge is -2.21. The fraction of sp³-hybridized carbons (Fsp3) is 0.455. The highest BCUT2D eigenvalue weighted by atomic mass is 16.7. The van der Waals surface area contributed by atoms with Gasteiger partial charge in [-0.1, -0.05) is 25.0 Å². The maximum Gasteiger partial charge on any atom is 0.231 e. The minimum atomic E-state index is 0.292. The van der Waals surface area contributed by atoms with Crippen LogP contribution in [-0.2, 0) is 13.1 Å². The molecule has 1 aromatic carbocycles. The molecule has 4 rings (SSSR count). The van der Waals surface area contributed by atoms with Gasteiger partial charge >= 0.3 is 0 Å². The molecule has 1 fully saturated rings. The number of fused-ring (bicyclic) bond motifs is 1. The van der Waals surface area contributed by atoms with Gasteiger partial charge in [0.25, 0.3) is 0 Å². The van der Waals surface area contributed by atoms with E-state index < -0.39 is 0 Å². The number of pyridine rings is 1. The lowest BCUT2D eigenvalue weighted by Crippen LogP contribution is -2.36. The minimum Gasteiger partial charge on any atom is -0.454 e. The number of ether oxygens (including phenoxy) is 2. The predicted octanol–water partition coefficient (Wildman–Crippen LogP) is 3.06. The predicted molar refractivity (Wildman–Crippen MR) is 115 cm³/mol. The summed E-state index contributed by atoms with van der Waals surface area (Å²) in [6.07, 6.45) is 7.14. The number of guanidine groups is 1. The molecule has 0 aliphatic carbocycles. The van der Waals surface area contributed by atoms with Gasteiger partial charge in [-0.3, -0.25) is 4.99 Å². The number of aromatic nitrogens is 1. The van der Waals surface area contributed by atoms with Gasteiger partial charge in [0.15, 0.2) is 17.5 Å². The van der Waals surface area contributed by atoms with Crippen molar-refractivity contribution >= 4 is 11.8 Å². The monoisotopic (exact) mass is 395 g/mol. The lowest BCUT2D eigenvalue weighted by molar-refractivity contribution is 0.174. The summed E-state index contributed by atoms with van der Waals surface area (Å²) in [4.78, 5) is 11.4. The summed E-state index contributed by atoms with van der Waals surface area (Å²) >= 11 is 0. The van der Waals surface area contributed by atoms with Gasteiger partial charge in [0.05, 0.1) is 0 Å². The highest BCUT2D eigenvalue weighted by Crippen LogP contribution is 2.32. The molecule has 0 spiro atoms. The van der Waals surface area contributed by atoms with E-state index in [1.54, 1.807) is 7.05 Å². The van der Waals surface area contributed by atoms with Crippen LogP contribution in [0.3, 0.4) is 0 Å². The van der Waals surface area contributed by atoms with Crippen molar-refractivity contribution in [3.63, 3.8) is 0 Å².